The number of benzene rings is 2. The van der Waals surface area contributed by atoms with Crippen LogP contribution in [0.25, 0.3) is 0 Å². The van der Waals surface area contributed by atoms with Gasteiger partial charge in [0, 0.05) is 18.4 Å². The average molecular weight is 269 g/mol. The number of nitrogens with zero attached hydrogens (tertiary/aromatic N) is 1. The lowest BCUT2D eigenvalue weighted by Gasteiger charge is -2.21. The number of rotatable bonds is 4. The molecule has 0 atom stereocenters. The van der Waals surface area contributed by atoms with E-state index < -0.39 is 0 Å². The SMILES string of the molecule is CCOC(=O)c1ccc(N(C)c2ccccc2C)cc1. The van der Waals surface area contributed by atoms with Gasteiger partial charge in [0.15, 0.2) is 0 Å². The summed E-state index contributed by atoms with van der Waals surface area (Å²) in [7, 11) is 2.02. The number of carbonyl (C=O) groups excluding carboxylic acids is 1. The predicted molar refractivity (Wildman–Crippen MR) is 81.6 cm³/mol. The van der Waals surface area contributed by atoms with Crippen molar-refractivity contribution in [2.24, 2.45) is 0 Å². The van der Waals surface area contributed by atoms with Gasteiger partial charge >= 0.3 is 5.97 Å². The average Bonchev–Trinajstić information content (AvgIpc) is 2.47. The van der Waals surface area contributed by atoms with Gasteiger partial charge in [-0.25, -0.2) is 4.79 Å². The molecule has 0 radical (unpaired) electrons. The van der Waals surface area contributed by atoms with E-state index in [9.17, 15) is 4.79 Å². The molecule has 0 saturated heterocycles. The zero-order valence-electron chi connectivity index (χ0n) is 12.1. The Morgan fingerprint density at radius 3 is 2.35 bits per heavy atom. The van der Waals surface area contributed by atoms with E-state index in [2.05, 4.69) is 24.0 Å². The summed E-state index contributed by atoms with van der Waals surface area (Å²) in [6.07, 6.45) is 0. The molecule has 0 heterocycles. The van der Waals surface area contributed by atoms with Crippen LogP contribution in [0.1, 0.15) is 22.8 Å². The maximum absolute atomic E-state index is 11.6. The topological polar surface area (TPSA) is 29.5 Å². The Morgan fingerprint density at radius 2 is 1.75 bits per heavy atom. The zero-order valence-corrected chi connectivity index (χ0v) is 12.1. The van der Waals surface area contributed by atoms with Crippen molar-refractivity contribution < 1.29 is 9.53 Å². The molecule has 0 aliphatic heterocycles. The van der Waals surface area contributed by atoms with E-state index in [0.717, 1.165) is 11.4 Å². The number of aryl methyl sites for hydroxylation is 1. The molecule has 3 nitrogen and oxygen atoms in total. The number of ether oxygens (including phenoxy) is 1. The molecule has 0 N–H and O–H groups in total. The predicted octanol–water partition coefficient (Wildman–Crippen LogP) is 3.94. The smallest absolute Gasteiger partial charge is 0.338 e. The van der Waals surface area contributed by atoms with Crippen LogP contribution in [0.3, 0.4) is 0 Å². The van der Waals surface area contributed by atoms with Gasteiger partial charge in [0.05, 0.1) is 12.2 Å². The summed E-state index contributed by atoms with van der Waals surface area (Å²) in [5.74, 6) is -0.280. The molecule has 0 aliphatic rings. The lowest BCUT2D eigenvalue weighted by atomic mass is 10.1. The lowest BCUT2D eigenvalue weighted by molar-refractivity contribution is 0.0526. The third-order valence-electron chi connectivity index (χ3n) is 3.24. The van der Waals surface area contributed by atoms with Gasteiger partial charge < -0.3 is 9.64 Å². The second kappa shape index (κ2) is 6.24. The summed E-state index contributed by atoms with van der Waals surface area (Å²) in [6, 6.07) is 15.7. The van der Waals surface area contributed by atoms with Crippen LogP contribution in [-0.2, 0) is 4.74 Å². The highest BCUT2D eigenvalue weighted by atomic mass is 16.5. The van der Waals surface area contributed by atoms with E-state index in [1.807, 2.05) is 31.3 Å². The Labute approximate surface area is 119 Å². The monoisotopic (exact) mass is 269 g/mol. The number of hydrogen-bond acceptors (Lipinski definition) is 3. The molecule has 0 saturated carbocycles. The summed E-state index contributed by atoms with van der Waals surface area (Å²) in [4.78, 5) is 13.7. The first kappa shape index (κ1) is 14.1. The van der Waals surface area contributed by atoms with Crippen molar-refractivity contribution in [1.29, 1.82) is 0 Å². The first-order valence-corrected chi connectivity index (χ1v) is 6.70. The summed E-state index contributed by atoms with van der Waals surface area (Å²) < 4.78 is 4.98. The van der Waals surface area contributed by atoms with Gasteiger partial charge in [0.1, 0.15) is 0 Å². The number of hydrogen-bond donors (Lipinski definition) is 0. The van der Waals surface area contributed by atoms with Gasteiger partial charge in [0.25, 0.3) is 0 Å². The molecule has 0 spiro atoms. The summed E-state index contributed by atoms with van der Waals surface area (Å²) in [5.41, 5.74) is 3.97. The molecule has 2 aromatic rings. The van der Waals surface area contributed by atoms with Gasteiger partial charge in [-0.2, -0.15) is 0 Å². The third-order valence-corrected chi connectivity index (χ3v) is 3.24. The van der Waals surface area contributed by atoms with E-state index in [-0.39, 0.29) is 5.97 Å². The van der Waals surface area contributed by atoms with E-state index >= 15 is 0 Å². The van der Waals surface area contributed by atoms with Crippen molar-refractivity contribution in [1.82, 2.24) is 0 Å². The highest BCUT2D eigenvalue weighted by Gasteiger charge is 2.09. The van der Waals surface area contributed by atoms with Crippen LogP contribution >= 0.6 is 0 Å². The Hall–Kier alpha value is -2.29. The molecule has 20 heavy (non-hydrogen) atoms. The molecular formula is C17H19NO2. The number of anilines is 2. The Morgan fingerprint density at radius 1 is 1.10 bits per heavy atom. The van der Waals surface area contributed by atoms with Crippen LogP contribution < -0.4 is 4.90 Å². The van der Waals surface area contributed by atoms with E-state index in [1.54, 1.807) is 19.1 Å². The molecule has 2 aromatic carbocycles. The first-order valence-electron chi connectivity index (χ1n) is 6.70. The van der Waals surface area contributed by atoms with E-state index in [4.69, 9.17) is 4.74 Å². The van der Waals surface area contributed by atoms with Gasteiger partial charge in [-0.05, 0) is 49.7 Å². The lowest BCUT2D eigenvalue weighted by Crippen LogP contribution is -2.11. The fraction of sp³-hybridized carbons (Fsp3) is 0.235. The fourth-order valence-corrected chi connectivity index (χ4v) is 2.11. The van der Waals surface area contributed by atoms with Crippen molar-refractivity contribution >= 4 is 17.3 Å². The number of carbonyl (C=O) groups is 1. The molecule has 3 heteroatoms. The van der Waals surface area contributed by atoms with Crippen LogP contribution in [0.15, 0.2) is 48.5 Å². The van der Waals surface area contributed by atoms with Gasteiger partial charge in [-0.15, -0.1) is 0 Å². The van der Waals surface area contributed by atoms with Crippen molar-refractivity contribution in [2.45, 2.75) is 13.8 Å². The Bertz CT molecular complexity index is 590. The van der Waals surface area contributed by atoms with Crippen LogP contribution in [0, 0.1) is 6.92 Å². The zero-order chi connectivity index (χ0) is 14.5. The van der Waals surface area contributed by atoms with Crippen molar-refractivity contribution in [3.05, 3.63) is 59.7 Å². The molecular weight excluding hydrogens is 250 g/mol. The number of para-hydroxylation sites is 1. The molecule has 104 valence electrons. The number of esters is 1. The van der Waals surface area contributed by atoms with E-state index in [1.165, 1.54) is 5.56 Å². The normalized spacial score (nSPS) is 10.2. The largest absolute Gasteiger partial charge is 0.462 e. The van der Waals surface area contributed by atoms with Crippen molar-refractivity contribution in [2.75, 3.05) is 18.6 Å². The highest BCUT2D eigenvalue weighted by Crippen LogP contribution is 2.26. The maximum Gasteiger partial charge on any atom is 0.338 e. The minimum atomic E-state index is -0.280. The molecule has 0 fully saturated rings. The van der Waals surface area contributed by atoms with Gasteiger partial charge in [-0.1, -0.05) is 18.2 Å². The minimum absolute atomic E-state index is 0.280. The molecule has 0 aromatic heterocycles. The quantitative estimate of drug-likeness (QED) is 0.787. The molecule has 0 unspecified atom stereocenters. The van der Waals surface area contributed by atoms with Crippen LogP contribution in [-0.4, -0.2) is 19.6 Å². The molecule has 0 aliphatic carbocycles. The van der Waals surface area contributed by atoms with E-state index in [0.29, 0.717) is 12.2 Å². The highest BCUT2D eigenvalue weighted by molar-refractivity contribution is 5.90. The Kier molecular flexibility index (Phi) is 4.41. The van der Waals surface area contributed by atoms with Gasteiger partial charge in [0.2, 0.25) is 0 Å². The summed E-state index contributed by atoms with van der Waals surface area (Å²) >= 11 is 0. The second-order valence-corrected chi connectivity index (χ2v) is 4.61. The standard InChI is InChI=1S/C17H19NO2/c1-4-20-17(19)14-9-11-15(12-10-14)18(3)16-8-6-5-7-13(16)2/h5-12H,4H2,1-3H3. The van der Waals surface area contributed by atoms with Gasteiger partial charge in [-0.3, -0.25) is 0 Å². The van der Waals surface area contributed by atoms with Crippen LogP contribution in [0.2, 0.25) is 0 Å². The molecule has 0 amide bonds. The molecule has 2 rings (SSSR count). The molecule has 0 bridgehead atoms. The van der Waals surface area contributed by atoms with Crippen LogP contribution in [0.5, 0.6) is 0 Å². The fourth-order valence-electron chi connectivity index (χ4n) is 2.11. The minimum Gasteiger partial charge on any atom is -0.462 e. The Balaban J connectivity index is 2.22. The van der Waals surface area contributed by atoms with Crippen molar-refractivity contribution in [3.8, 4) is 0 Å². The summed E-state index contributed by atoms with van der Waals surface area (Å²) in [5, 5.41) is 0. The van der Waals surface area contributed by atoms with Crippen molar-refractivity contribution in [3.63, 3.8) is 0 Å². The second-order valence-electron chi connectivity index (χ2n) is 4.61. The summed E-state index contributed by atoms with van der Waals surface area (Å²) in [6.45, 7) is 4.28. The van der Waals surface area contributed by atoms with Crippen LogP contribution in [0.4, 0.5) is 11.4 Å². The third kappa shape index (κ3) is 2.99. The first-order chi connectivity index (χ1) is 9.63. The maximum atomic E-state index is 11.6.